The van der Waals surface area contributed by atoms with Crippen LogP contribution in [0.4, 0.5) is 5.69 Å². The van der Waals surface area contributed by atoms with Gasteiger partial charge in [-0.15, -0.1) is 0 Å². The van der Waals surface area contributed by atoms with Gasteiger partial charge in [0.15, 0.2) is 0 Å². The van der Waals surface area contributed by atoms with Gasteiger partial charge in [-0.25, -0.2) is 0 Å². The van der Waals surface area contributed by atoms with Gasteiger partial charge >= 0.3 is 0 Å². The van der Waals surface area contributed by atoms with Crippen molar-refractivity contribution in [2.24, 2.45) is 0 Å². The number of rotatable bonds is 2. The van der Waals surface area contributed by atoms with Gasteiger partial charge in [-0.3, -0.25) is 9.58 Å². The Bertz CT molecular complexity index is 411. The minimum absolute atomic E-state index is 0.523. The summed E-state index contributed by atoms with van der Waals surface area (Å²) < 4.78 is 7.54. The number of aromatic nitrogens is 2. The molecule has 18 heavy (non-hydrogen) atoms. The summed E-state index contributed by atoms with van der Waals surface area (Å²) in [4.78, 5) is 2.58. The van der Waals surface area contributed by atoms with Gasteiger partial charge in [0.1, 0.15) is 0 Å². The topological polar surface area (TPSA) is 56.3 Å². The molecule has 100 valence electrons. The third-order valence-corrected chi connectivity index (χ3v) is 4.37. The fourth-order valence-corrected chi connectivity index (χ4v) is 3.24. The third kappa shape index (κ3) is 2.12. The van der Waals surface area contributed by atoms with Crippen molar-refractivity contribution in [1.82, 2.24) is 14.7 Å². The van der Waals surface area contributed by atoms with Gasteiger partial charge < -0.3 is 10.5 Å². The molecule has 0 spiro atoms. The molecule has 1 saturated carbocycles. The molecule has 0 unspecified atom stereocenters. The number of hydrogen-bond donors (Lipinski definition) is 1. The largest absolute Gasteiger partial charge is 0.396 e. The molecular formula is C13H22N4O. The average Bonchev–Trinajstić information content (AvgIpc) is 3.00. The zero-order chi connectivity index (χ0) is 12.5. The van der Waals surface area contributed by atoms with Gasteiger partial charge in [-0.2, -0.15) is 5.10 Å². The number of nitrogens with two attached hydrogens (primary N) is 1. The highest BCUT2D eigenvalue weighted by atomic mass is 16.5. The Balaban J connectivity index is 1.66. The summed E-state index contributed by atoms with van der Waals surface area (Å²) in [5, 5.41) is 4.43. The molecule has 2 N–H and O–H groups in total. The van der Waals surface area contributed by atoms with E-state index < -0.39 is 0 Å². The minimum atomic E-state index is 0.523. The van der Waals surface area contributed by atoms with E-state index in [4.69, 9.17) is 10.5 Å². The second-order valence-electron chi connectivity index (χ2n) is 5.40. The Morgan fingerprint density at radius 1 is 1.28 bits per heavy atom. The highest BCUT2D eigenvalue weighted by Crippen LogP contribution is 2.34. The third-order valence-electron chi connectivity index (χ3n) is 4.37. The van der Waals surface area contributed by atoms with Gasteiger partial charge in [0, 0.05) is 19.1 Å². The van der Waals surface area contributed by atoms with Crippen LogP contribution < -0.4 is 5.73 Å². The van der Waals surface area contributed by atoms with E-state index in [0.717, 1.165) is 37.7 Å². The lowest BCUT2D eigenvalue weighted by molar-refractivity contribution is 0.0172. The fraction of sp³-hybridized carbons (Fsp3) is 0.769. The van der Waals surface area contributed by atoms with Crippen molar-refractivity contribution in [1.29, 1.82) is 0 Å². The van der Waals surface area contributed by atoms with E-state index in [2.05, 4.69) is 21.6 Å². The molecule has 0 bridgehead atoms. The summed E-state index contributed by atoms with van der Waals surface area (Å²) in [7, 11) is 0. The second-order valence-corrected chi connectivity index (χ2v) is 5.40. The molecule has 1 aliphatic carbocycles. The van der Waals surface area contributed by atoms with Gasteiger partial charge in [-0.1, -0.05) is 0 Å². The number of nitrogens with zero attached hydrogens (tertiary/aromatic N) is 3. The maximum Gasteiger partial charge on any atom is 0.0730 e. The summed E-state index contributed by atoms with van der Waals surface area (Å²) in [6, 6.07) is 1.22. The summed E-state index contributed by atoms with van der Waals surface area (Å²) in [6.07, 6.45) is 5.45. The Hall–Kier alpha value is -1.07. The normalized spacial score (nSPS) is 29.8. The first kappa shape index (κ1) is 12.0. The van der Waals surface area contributed by atoms with E-state index >= 15 is 0 Å². The highest BCUT2D eigenvalue weighted by Gasteiger charge is 2.32. The first-order valence-electron chi connectivity index (χ1n) is 6.87. The zero-order valence-corrected chi connectivity index (χ0v) is 11.0. The van der Waals surface area contributed by atoms with Gasteiger partial charge in [0.25, 0.3) is 0 Å². The van der Waals surface area contributed by atoms with Crippen LogP contribution in [0, 0.1) is 6.92 Å². The molecule has 1 aliphatic heterocycles. The summed E-state index contributed by atoms with van der Waals surface area (Å²) in [5.41, 5.74) is 7.80. The number of ether oxygens (including phenoxy) is 1. The van der Waals surface area contributed by atoms with E-state index in [0.29, 0.717) is 12.1 Å². The van der Waals surface area contributed by atoms with Crippen LogP contribution in [-0.4, -0.2) is 47.0 Å². The van der Waals surface area contributed by atoms with Gasteiger partial charge in [0.05, 0.1) is 36.8 Å². The molecule has 0 radical (unpaired) electrons. The van der Waals surface area contributed by atoms with Crippen LogP contribution in [0.25, 0.3) is 0 Å². The average molecular weight is 250 g/mol. The van der Waals surface area contributed by atoms with Crippen LogP contribution in [-0.2, 0) is 4.74 Å². The first-order chi connectivity index (χ1) is 8.75. The van der Waals surface area contributed by atoms with E-state index in [1.807, 2.05) is 0 Å². The van der Waals surface area contributed by atoms with E-state index in [1.54, 1.807) is 6.20 Å². The summed E-state index contributed by atoms with van der Waals surface area (Å²) in [5.74, 6) is 0. The SMILES string of the molecule is Cc1c(N)cnn1[C@H]1CC[C@H](N2CCOCC2)C1. The Kier molecular flexibility index (Phi) is 3.26. The van der Waals surface area contributed by atoms with Crippen LogP contribution in [0.3, 0.4) is 0 Å². The Labute approximate surface area is 108 Å². The van der Waals surface area contributed by atoms with Gasteiger partial charge in [-0.05, 0) is 26.2 Å². The molecule has 0 amide bonds. The summed E-state index contributed by atoms with van der Waals surface area (Å²) >= 11 is 0. The number of hydrogen-bond acceptors (Lipinski definition) is 4. The monoisotopic (exact) mass is 250 g/mol. The molecule has 1 aromatic rings. The van der Waals surface area contributed by atoms with Crippen molar-refractivity contribution in [3.05, 3.63) is 11.9 Å². The molecule has 2 atom stereocenters. The smallest absolute Gasteiger partial charge is 0.0730 e. The maximum atomic E-state index is 5.88. The van der Waals surface area contributed by atoms with E-state index in [1.165, 1.54) is 19.3 Å². The minimum Gasteiger partial charge on any atom is -0.396 e. The predicted molar refractivity (Wildman–Crippen MR) is 70.4 cm³/mol. The molecule has 5 nitrogen and oxygen atoms in total. The van der Waals surface area contributed by atoms with Crippen molar-refractivity contribution in [2.45, 2.75) is 38.3 Å². The highest BCUT2D eigenvalue weighted by molar-refractivity contribution is 5.39. The molecule has 3 rings (SSSR count). The van der Waals surface area contributed by atoms with E-state index in [-0.39, 0.29) is 0 Å². The molecule has 2 aliphatic rings. The van der Waals surface area contributed by atoms with Crippen LogP contribution in [0.1, 0.15) is 31.0 Å². The lowest BCUT2D eigenvalue weighted by atomic mass is 10.2. The van der Waals surface area contributed by atoms with Crippen molar-refractivity contribution in [2.75, 3.05) is 32.0 Å². The zero-order valence-electron chi connectivity index (χ0n) is 11.0. The molecule has 1 aromatic heterocycles. The van der Waals surface area contributed by atoms with Crippen LogP contribution in [0.5, 0.6) is 0 Å². The lowest BCUT2D eigenvalue weighted by Gasteiger charge is -2.32. The summed E-state index contributed by atoms with van der Waals surface area (Å²) in [6.45, 7) is 5.99. The maximum absolute atomic E-state index is 5.88. The first-order valence-corrected chi connectivity index (χ1v) is 6.87. The second kappa shape index (κ2) is 4.90. The predicted octanol–water partition coefficient (Wildman–Crippen LogP) is 1.20. The van der Waals surface area contributed by atoms with Crippen molar-refractivity contribution >= 4 is 5.69 Å². The van der Waals surface area contributed by atoms with Crippen LogP contribution in [0.2, 0.25) is 0 Å². The molecule has 2 fully saturated rings. The fourth-order valence-electron chi connectivity index (χ4n) is 3.24. The van der Waals surface area contributed by atoms with Crippen LogP contribution >= 0.6 is 0 Å². The van der Waals surface area contributed by atoms with E-state index in [9.17, 15) is 0 Å². The van der Waals surface area contributed by atoms with Crippen molar-refractivity contribution in [3.8, 4) is 0 Å². The Morgan fingerprint density at radius 2 is 2.00 bits per heavy atom. The molecular weight excluding hydrogens is 228 g/mol. The number of morpholine rings is 1. The van der Waals surface area contributed by atoms with Crippen LogP contribution in [0.15, 0.2) is 6.20 Å². The molecule has 2 heterocycles. The van der Waals surface area contributed by atoms with Gasteiger partial charge in [0.2, 0.25) is 0 Å². The lowest BCUT2D eigenvalue weighted by Crippen LogP contribution is -2.42. The number of nitrogen functional groups attached to an aromatic ring is 1. The standard InChI is InChI=1S/C13H22N4O/c1-10-13(14)9-15-17(10)12-3-2-11(8-12)16-4-6-18-7-5-16/h9,11-12H,2-8,14H2,1H3/t11-,12-/m0/s1. The molecule has 1 saturated heterocycles. The van der Waals surface area contributed by atoms with Crippen molar-refractivity contribution < 1.29 is 4.74 Å². The molecule has 0 aromatic carbocycles. The quantitative estimate of drug-likeness (QED) is 0.857. The molecule has 5 heteroatoms. The van der Waals surface area contributed by atoms with Crippen molar-refractivity contribution in [3.63, 3.8) is 0 Å². The number of anilines is 1. The Morgan fingerprint density at radius 3 is 2.67 bits per heavy atom.